The fourth-order valence-corrected chi connectivity index (χ4v) is 1.94. The van der Waals surface area contributed by atoms with Gasteiger partial charge >= 0.3 is 5.69 Å². The molecule has 2 rings (SSSR count). The molecule has 0 bridgehead atoms. The summed E-state index contributed by atoms with van der Waals surface area (Å²) in [6.07, 6.45) is 0. The van der Waals surface area contributed by atoms with Crippen LogP contribution in [0.1, 0.15) is 0 Å². The molecule has 0 aliphatic rings. The highest BCUT2D eigenvalue weighted by Gasteiger charge is 2.17. The van der Waals surface area contributed by atoms with Gasteiger partial charge in [0.2, 0.25) is 0 Å². The first-order valence-corrected chi connectivity index (χ1v) is 5.04. The lowest BCUT2D eigenvalue weighted by molar-refractivity contribution is 0.404. The van der Waals surface area contributed by atoms with Crippen LogP contribution in [0.5, 0.6) is 11.5 Å². The van der Waals surface area contributed by atoms with Gasteiger partial charge in [-0.15, -0.1) is 0 Å². The standard InChI is InChI=1S/C10H9ClN2O4/c1-12-4-3-5(14)8(15)7(11)6(4)9(16)13(2)10(12)17/h3,14-15H,1-2H3. The normalized spacial score (nSPS) is 11.0. The SMILES string of the molecule is Cn1c(=O)c2c(Cl)c(O)c(O)cc2n(C)c1=O. The van der Waals surface area contributed by atoms with Crippen LogP contribution in [0.2, 0.25) is 5.02 Å². The second-order valence-corrected chi connectivity index (χ2v) is 4.04. The van der Waals surface area contributed by atoms with Crippen LogP contribution in [0, 0.1) is 0 Å². The predicted molar refractivity (Wildman–Crippen MR) is 62.8 cm³/mol. The van der Waals surface area contributed by atoms with Gasteiger partial charge in [0.15, 0.2) is 11.5 Å². The molecule has 0 spiro atoms. The molecule has 2 N–H and O–H groups in total. The van der Waals surface area contributed by atoms with Gasteiger partial charge in [-0.05, 0) is 0 Å². The molecule has 0 amide bonds. The first kappa shape index (κ1) is 11.5. The lowest BCUT2D eigenvalue weighted by Gasteiger charge is -2.10. The molecule has 0 unspecified atom stereocenters. The average Bonchev–Trinajstić information content (AvgIpc) is 2.30. The van der Waals surface area contributed by atoms with E-state index in [0.717, 1.165) is 10.6 Å². The van der Waals surface area contributed by atoms with Crippen LogP contribution in [-0.2, 0) is 14.1 Å². The monoisotopic (exact) mass is 256 g/mol. The van der Waals surface area contributed by atoms with Gasteiger partial charge in [0.1, 0.15) is 5.02 Å². The quantitative estimate of drug-likeness (QED) is 0.664. The van der Waals surface area contributed by atoms with E-state index < -0.39 is 22.7 Å². The van der Waals surface area contributed by atoms with E-state index >= 15 is 0 Å². The molecule has 0 atom stereocenters. The number of aryl methyl sites for hydroxylation is 1. The van der Waals surface area contributed by atoms with Gasteiger partial charge in [-0.3, -0.25) is 13.9 Å². The topological polar surface area (TPSA) is 84.5 Å². The maximum Gasteiger partial charge on any atom is 0.330 e. The predicted octanol–water partition coefficient (Wildman–Crippen LogP) is 0.302. The molecule has 6 nitrogen and oxygen atoms in total. The Balaban J connectivity index is 3.24. The summed E-state index contributed by atoms with van der Waals surface area (Å²) in [5.41, 5.74) is -0.995. The van der Waals surface area contributed by atoms with Crippen LogP contribution in [0.4, 0.5) is 0 Å². The highest BCUT2D eigenvalue weighted by atomic mass is 35.5. The number of hydrogen-bond donors (Lipinski definition) is 2. The Hall–Kier alpha value is -1.95. The van der Waals surface area contributed by atoms with Crippen molar-refractivity contribution in [2.45, 2.75) is 0 Å². The minimum atomic E-state index is -0.622. The summed E-state index contributed by atoms with van der Waals surface area (Å²) in [5, 5.41) is 18.6. The number of nitrogens with zero attached hydrogens (tertiary/aromatic N) is 2. The molecule has 17 heavy (non-hydrogen) atoms. The Kier molecular flexibility index (Phi) is 2.39. The van der Waals surface area contributed by atoms with Crippen molar-refractivity contribution in [3.8, 4) is 11.5 Å². The Morgan fingerprint density at radius 2 is 1.76 bits per heavy atom. The summed E-state index contributed by atoms with van der Waals surface area (Å²) in [6, 6.07) is 1.12. The van der Waals surface area contributed by atoms with E-state index in [0.29, 0.717) is 0 Å². The second-order valence-electron chi connectivity index (χ2n) is 3.66. The largest absolute Gasteiger partial charge is 0.504 e. The van der Waals surface area contributed by atoms with E-state index in [-0.39, 0.29) is 15.9 Å². The van der Waals surface area contributed by atoms with Crippen LogP contribution in [-0.4, -0.2) is 19.3 Å². The van der Waals surface area contributed by atoms with Gasteiger partial charge in [0, 0.05) is 20.2 Å². The summed E-state index contributed by atoms with van der Waals surface area (Å²) in [5.74, 6) is -1.05. The summed E-state index contributed by atoms with van der Waals surface area (Å²) >= 11 is 5.79. The van der Waals surface area contributed by atoms with Crippen LogP contribution < -0.4 is 11.2 Å². The molecule has 1 aromatic heterocycles. The summed E-state index contributed by atoms with van der Waals surface area (Å²) in [6.45, 7) is 0. The zero-order chi connectivity index (χ0) is 12.9. The minimum absolute atomic E-state index is 0.00781. The molecule has 90 valence electrons. The molecule has 0 aliphatic carbocycles. The first-order valence-electron chi connectivity index (χ1n) is 4.66. The van der Waals surface area contributed by atoms with Crippen molar-refractivity contribution < 1.29 is 10.2 Å². The van der Waals surface area contributed by atoms with E-state index in [2.05, 4.69) is 0 Å². The third-order valence-corrected chi connectivity index (χ3v) is 3.02. The fraction of sp³-hybridized carbons (Fsp3) is 0.200. The summed E-state index contributed by atoms with van der Waals surface area (Å²) in [4.78, 5) is 23.5. The van der Waals surface area contributed by atoms with Gasteiger partial charge in [-0.1, -0.05) is 11.6 Å². The van der Waals surface area contributed by atoms with Gasteiger partial charge in [-0.25, -0.2) is 4.79 Å². The van der Waals surface area contributed by atoms with E-state index in [1.165, 1.54) is 18.7 Å². The molecule has 0 aliphatic heterocycles. The number of fused-ring (bicyclic) bond motifs is 1. The summed E-state index contributed by atoms with van der Waals surface area (Å²) in [7, 11) is 2.75. The molecule has 2 aromatic rings. The highest BCUT2D eigenvalue weighted by Crippen LogP contribution is 2.37. The Morgan fingerprint density at radius 1 is 1.18 bits per heavy atom. The van der Waals surface area contributed by atoms with Crippen molar-refractivity contribution in [2.75, 3.05) is 0 Å². The van der Waals surface area contributed by atoms with Crippen LogP contribution in [0.3, 0.4) is 0 Å². The van der Waals surface area contributed by atoms with E-state index in [4.69, 9.17) is 11.6 Å². The molecule has 1 aromatic carbocycles. The lowest BCUT2D eigenvalue weighted by Crippen LogP contribution is -2.37. The zero-order valence-electron chi connectivity index (χ0n) is 9.06. The number of rotatable bonds is 0. The molecular weight excluding hydrogens is 248 g/mol. The molecule has 0 saturated heterocycles. The number of aromatic nitrogens is 2. The molecule has 0 radical (unpaired) electrons. The van der Waals surface area contributed by atoms with E-state index in [1.54, 1.807) is 0 Å². The Labute approximate surface area is 99.9 Å². The second kappa shape index (κ2) is 3.53. The Morgan fingerprint density at radius 3 is 2.35 bits per heavy atom. The number of phenolic OH excluding ortho intramolecular Hbond substituents is 2. The van der Waals surface area contributed by atoms with Gasteiger partial charge in [0.25, 0.3) is 5.56 Å². The number of aromatic hydroxyl groups is 2. The lowest BCUT2D eigenvalue weighted by atomic mass is 10.2. The maximum atomic E-state index is 11.9. The van der Waals surface area contributed by atoms with Crippen molar-refractivity contribution in [2.24, 2.45) is 14.1 Å². The first-order chi connectivity index (χ1) is 7.86. The van der Waals surface area contributed by atoms with Crippen molar-refractivity contribution in [3.63, 3.8) is 0 Å². The van der Waals surface area contributed by atoms with E-state index in [1.807, 2.05) is 0 Å². The van der Waals surface area contributed by atoms with Crippen molar-refractivity contribution >= 4 is 22.5 Å². The smallest absolute Gasteiger partial charge is 0.330 e. The number of benzene rings is 1. The van der Waals surface area contributed by atoms with Crippen LogP contribution >= 0.6 is 11.6 Å². The van der Waals surface area contributed by atoms with Crippen molar-refractivity contribution in [1.29, 1.82) is 0 Å². The molecular formula is C10H9ClN2O4. The number of phenols is 2. The van der Waals surface area contributed by atoms with E-state index in [9.17, 15) is 19.8 Å². The maximum absolute atomic E-state index is 11.9. The number of halogens is 1. The van der Waals surface area contributed by atoms with Crippen molar-refractivity contribution in [3.05, 3.63) is 31.9 Å². The van der Waals surface area contributed by atoms with Gasteiger partial charge in [0.05, 0.1) is 10.9 Å². The van der Waals surface area contributed by atoms with Gasteiger partial charge < -0.3 is 10.2 Å². The van der Waals surface area contributed by atoms with Gasteiger partial charge in [-0.2, -0.15) is 0 Å². The average molecular weight is 257 g/mol. The van der Waals surface area contributed by atoms with Crippen LogP contribution in [0.15, 0.2) is 15.7 Å². The highest BCUT2D eigenvalue weighted by molar-refractivity contribution is 6.37. The minimum Gasteiger partial charge on any atom is -0.504 e. The molecule has 0 fully saturated rings. The molecule has 1 heterocycles. The molecule has 7 heteroatoms. The zero-order valence-corrected chi connectivity index (χ0v) is 9.82. The summed E-state index contributed by atoms with van der Waals surface area (Å²) < 4.78 is 2.05. The Bertz CT molecular complexity index is 745. The van der Waals surface area contributed by atoms with Crippen LogP contribution in [0.25, 0.3) is 10.9 Å². The fourth-order valence-electron chi connectivity index (χ4n) is 1.66. The van der Waals surface area contributed by atoms with Crippen molar-refractivity contribution in [1.82, 2.24) is 9.13 Å². The third kappa shape index (κ3) is 1.41. The molecule has 0 saturated carbocycles. The number of hydrogen-bond acceptors (Lipinski definition) is 4. The third-order valence-electron chi connectivity index (χ3n) is 2.65.